The molecule has 2 heteroatoms. The molecule has 0 amide bonds. The van der Waals surface area contributed by atoms with Crippen LogP contribution in [0, 0.1) is 0 Å². The molecule has 2 aromatic rings. The third-order valence-corrected chi connectivity index (χ3v) is 3.91. The molecule has 0 unspecified atom stereocenters. The van der Waals surface area contributed by atoms with E-state index in [-0.39, 0.29) is 0 Å². The number of rotatable bonds is 8. The van der Waals surface area contributed by atoms with Gasteiger partial charge in [0.25, 0.3) is 0 Å². The predicted octanol–water partition coefficient (Wildman–Crippen LogP) is 5.48. The van der Waals surface area contributed by atoms with Crippen LogP contribution in [0.2, 0.25) is 0 Å². The summed E-state index contributed by atoms with van der Waals surface area (Å²) < 4.78 is 2.23. The van der Waals surface area contributed by atoms with Crippen LogP contribution in [0.3, 0.4) is 0 Å². The van der Waals surface area contributed by atoms with Crippen molar-refractivity contribution in [1.82, 2.24) is 9.55 Å². The molecule has 0 N–H and O–H groups in total. The number of imidazole rings is 1. The Balaban J connectivity index is 1.97. The van der Waals surface area contributed by atoms with Crippen molar-refractivity contribution in [2.75, 3.05) is 0 Å². The Kier molecular flexibility index (Phi) is 6.26. The van der Waals surface area contributed by atoms with E-state index in [4.69, 9.17) is 0 Å². The summed E-state index contributed by atoms with van der Waals surface area (Å²) in [5, 5.41) is 0. The monoisotopic (exact) mass is 282 g/mol. The molecule has 0 fully saturated rings. The lowest BCUT2D eigenvalue weighted by Gasteiger charge is -2.15. The minimum Gasteiger partial charge on any atom is -0.324 e. The van der Waals surface area contributed by atoms with Gasteiger partial charge in [-0.3, -0.25) is 0 Å². The fourth-order valence-electron chi connectivity index (χ4n) is 2.55. The molecule has 0 aliphatic rings. The van der Waals surface area contributed by atoms with E-state index in [1.165, 1.54) is 36.9 Å². The van der Waals surface area contributed by atoms with Crippen LogP contribution in [0.15, 0.2) is 48.9 Å². The first-order valence-electron chi connectivity index (χ1n) is 8.06. The van der Waals surface area contributed by atoms with E-state index in [0.29, 0.717) is 6.04 Å². The Hall–Kier alpha value is -1.83. The SMILES string of the molecule is CCCCCCC=Cc1cncn1[C@@H](C)c1ccccc1. The van der Waals surface area contributed by atoms with Crippen LogP contribution in [0.1, 0.15) is 63.3 Å². The van der Waals surface area contributed by atoms with Gasteiger partial charge in [-0.15, -0.1) is 0 Å². The molecule has 0 bridgehead atoms. The van der Waals surface area contributed by atoms with Crippen molar-refractivity contribution in [1.29, 1.82) is 0 Å². The van der Waals surface area contributed by atoms with E-state index >= 15 is 0 Å². The standard InChI is InChI=1S/C19H26N2/c1-3-4-5-6-7-11-14-19-15-20-16-21(19)17(2)18-12-9-8-10-13-18/h8-17H,3-7H2,1-2H3/t17-/m0/s1. The van der Waals surface area contributed by atoms with Gasteiger partial charge in [0.2, 0.25) is 0 Å². The first-order chi connectivity index (χ1) is 10.3. The second kappa shape index (κ2) is 8.46. The highest BCUT2D eigenvalue weighted by molar-refractivity contribution is 5.44. The van der Waals surface area contributed by atoms with Crippen molar-refractivity contribution >= 4 is 6.08 Å². The molecule has 112 valence electrons. The van der Waals surface area contributed by atoms with Crippen molar-refractivity contribution in [2.45, 2.75) is 52.0 Å². The largest absolute Gasteiger partial charge is 0.324 e. The molecule has 1 heterocycles. The summed E-state index contributed by atoms with van der Waals surface area (Å²) in [7, 11) is 0. The fraction of sp³-hybridized carbons (Fsp3) is 0.421. The Morgan fingerprint density at radius 2 is 1.95 bits per heavy atom. The van der Waals surface area contributed by atoms with Gasteiger partial charge in [0.1, 0.15) is 0 Å². The van der Waals surface area contributed by atoms with E-state index in [0.717, 1.165) is 6.42 Å². The average Bonchev–Trinajstić information content (AvgIpc) is 2.99. The van der Waals surface area contributed by atoms with Crippen molar-refractivity contribution in [3.05, 3.63) is 60.2 Å². The molecule has 1 atom stereocenters. The second-order valence-electron chi connectivity index (χ2n) is 5.56. The fourth-order valence-corrected chi connectivity index (χ4v) is 2.55. The summed E-state index contributed by atoms with van der Waals surface area (Å²) in [6.45, 7) is 4.47. The summed E-state index contributed by atoms with van der Waals surface area (Å²) in [4.78, 5) is 4.31. The summed E-state index contributed by atoms with van der Waals surface area (Å²) in [5.41, 5.74) is 2.50. The Morgan fingerprint density at radius 3 is 2.71 bits per heavy atom. The maximum absolute atomic E-state index is 4.31. The third kappa shape index (κ3) is 4.59. The molecule has 0 spiro atoms. The van der Waals surface area contributed by atoms with Gasteiger partial charge in [-0.2, -0.15) is 0 Å². The molecule has 0 saturated carbocycles. The van der Waals surface area contributed by atoms with Gasteiger partial charge in [0.15, 0.2) is 0 Å². The highest BCUT2D eigenvalue weighted by Gasteiger charge is 2.09. The van der Waals surface area contributed by atoms with Crippen molar-refractivity contribution in [3.8, 4) is 0 Å². The zero-order chi connectivity index (χ0) is 14.9. The quantitative estimate of drug-likeness (QED) is 0.586. The van der Waals surface area contributed by atoms with Gasteiger partial charge in [0, 0.05) is 0 Å². The lowest BCUT2D eigenvalue weighted by molar-refractivity contribution is 0.633. The zero-order valence-corrected chi connectivity index (χ0v) is 13.2. The minimum absolute atomic E-state index is 0.313. The van der Waals surface area contributed by atoms with Gasteiger partial charge in [-0.05, 0) is 31.4 Å². The van der Waals surface area contributed by atoms with Crippen molar-refractivity contribution < 1.29 is 0 Å². The van der Waals surface area contributed by atoms with Gasteiger partial charge < -0.3 is 4.57 Å². The molecule has 1 aromatic carbocycles. The molecule has 0 aliphatic heterocycles. The number of benzene rings is 1. The third-order valence-electron chi connectivity index (χ3n) is 3.91. The van der Waals surface area contributed by atoms with Crippen LogP contribution in [-0.2, 0) is 0 Å². The van der Waals surface area contributed by atoms with Crippen LogP contribution >= 0.6 is 0 Å². The molecule has 2 rings (SSSR count). The van der Waals surface area contributed by atoms with Crippen LogP contribution in [0.5, 0.6) is 0 Å². The van der Waals surface area contributed by atoms with Gasteiger partial charge >= 0.3 is 0 Å². The molecular weight excluding hydrogens is 256 g/mol. The van der Waals surface area contributed by atoms with E-state index in [9.17, 15) is 0 Å². The first kappa shape index (κ1) is 15.6. The van der Waals surface area contributed by atoms with Crippen LogP contribution < -0.4 is 0 Å². The smallest absolute Gasteiger partial charge is 0.0956 e. The predicted molar refractivity (Wildman–Crippen MR) is 90.3 cm³/mol. The second-order valence-corrected chi connectivity index (χ2v) is 5.56. The molecule has 0 radical (unpaired) electrons. The number of aromatic nitrogens is 2. The van der Waals surface area contributed by atoms with E-state index in [1.807, 2.05) is 12.5 Å². The molecular formula is C19H26N2. The summed E-state index contributed by atoms with van der Waals surface area (Å²) in [5.74, 6) is 0. The number of unbranched alkanes of at least 4 members (excludes halogenated alkanes) is 4. The number of nitrogens with zero attached hydrogens (tertiary/aromatic N) is 2. The Bertz CT molecular complexity index is 540. The van der Waals surface area contributed by atoms with Crippen LogP contribution in [-0.4, -0.2) is 9.55 Å². The summed E-state index contributed by atoms with van der Waals surface area (Å²) in [6.07, 6.45) is 14.8. The van der Waals surface area contributed by atoms with Crippen molar-refractivity contribution in [2.24, 2.45) is 0 Å². The van der Waals surface area contributed by atoms with Crippen LogP contribution in [0.4, 0.5) is 0 Å². The maximum atomic E-state index is 4.31. The molecule has 0 aliphatic carbocycles. The highest BCUT2D eigenvalue weighted by atomic mass is 15.1. The summed E-state index contributed by atoms with van der Waals surface area (Å²) in [6, 6.07) is 10.9. The number of hydrogen-bond donors (Lipinski definition) is 0. The molecule has 0 saturated heterocycles. The van der Waals surface area contributed by atoms with E-state index in [2.05, 4.69) is 65.9 Å². The maximum Gasteiger partial charge on any atom is 0.0956 e. The summed E-state index contributed by atoms with van der Waals surface area (Å²) >= 11 is 0. The normalized spacial score (nSPS) is 12.9. The Labute approximate surface area is 128 Å². The Morgan fingerprint density at radius 1 is 1.14 bits per heavy atom. The van der Waals surface area contributed by atoms with E-state index < -0.39 is 0 Å². The van der Waals surface area contributed by atoms with Crippen LogP contribution in [0.25, 0.3) is 6.08 Å². The van der Waals surface area contributed by atoms with Gasteiger partial charge in [-0.1, -0.05) is 62.6 Å². The topological polar surface area (TPSA) is 17.8 Å². The lowest BCUT2D eigenvalue weighted by Crippen LogP contribution is -2.06. The highest BCUT2D eigenvalue weighted by Crippen LogP contribution is 2.20. The molecule has 21 heavy (non-hydrogen) atoms. The first-order valence-corrected chi connectivity index (χ1v) is 8.06. The minimum atomic E-state index is 0.313. The van der Waals surface area contributed by atoms with Gasteiger partial charge in [-0.25, -0.2) is 4.98 Å². The molecule has 1 aromatic heterocycles. The number of hydrogen-bond acceptors (Lipinski definition) is 1. The lowest BCUT2D eigenvalue weighted by atomic mass is 10.1. The van der Waals surface area contributed by atoms with Gasteiger partial charge in [0.05, 0.1) is 24.3 Å². The molecule has 2 nitrogen and oxygen atoms in total. The van der Waals surface area contributed by atoms with Crippen molar-refractivity contribution in [3.63, 3.8) is 0 Å². The average molecular weight is 282 g/mol. The zero-order valence-electron chi connectivity index (χ0n) is 13.2. The number of allylic oxidation sites excluding steroid dienone is 1. The van der Waals surface area contributed by atoms with E-state index in [1.54, 1.807) is 0 Å².